The second kappa shape index (κ2) is 9.22. The summed E-state index contributed by atoms with van der Waals surface area (Å²) >= 11 is 4.18. The maximum Gasteiger partial charge on any atom is 0.352 e. The van der Waals surface area contributed by atoms with Crippen LogP contribution in [0, 0.1) is 6.92 Å². The lowest BCUT2D eigenvalue weighted by molar-refractivity contribution is -0.192. The number of methoxy groups -OCH3 is 1. The van der Waals surface area contributed by atoms with E-state index >= 15 is 0 Å². The molecule has 0 aliphatic carbocycles. The van der Waals surface area contributed by atoms with E-state index in [0.717, 1.165) is 14.9 Å². The molecule has 0 spiro atoms. The van der Waals surface area contributed by atoms with Crippen molar-refractivity contribution in [3.05, 3.63) is 52.2 Å². The number of fused-ring (bicyclic) bond motifs is 1. The Bertz CT molecular complexity index is 1090. The zero-order chi connectivity index (χ0) is 22.9. The Morgan fingerprint density at radius 1 is 1.34 bits per heavy atom. The van der Waals surface area contributed by atoms with Crippen LogP contribution < -0.4 is 5.32 Å². The minimum absolute atomic E-state index is 0.0579. The highest BCUT2D eigenvalue weighted by Crippen LogP contribution is 2.47. The molecule has 0 bridgehead atoms. The molecule has 0 saturated carbocycles. The van der Waals surface area contributed by atoms with E-state index in [1.807, 2.05) is 37.3 Å². The van der Waals surface area contributed by atoms with Crippen molar-refractivity contribution in [3.8, 4) is 0 Å². The molecule has 2 aliphatic rings. The molecule has 1 unspecified atom stereocenters. The van der Waals surface area contributed by atoms with Gasteiger partial charge in [-0.25, -0.2) is 4.79 Å². The molecule has 2 aliphatic heterocycles. The number of ether oxygens (including phenoxy) is 1. The van der Waals surface area contributed by atoms with Gasteiger partial charge in [0.05, 0.1) is 6.42 Å². The Balaban J connectivity index is 1.52. The van der Waals surface area contributed by atoms with Crippen molar-refractivity contribution in [2.24, 2.45) is 0 Å². The summed E-state index contributed by atoms with van der Waals surface area (Å²) < 4.78 is 6.22. The molecule has 1 aromatic carbocycles. The van der Waals surface area contributed by atoms with Crippen molar-refractivity contribution in [3.63, 3.8) is 0 Å². The van der Waals surface area contributed by atoms with E-state index in [1.54, 1.807) is 0 Å². The number of carbonyl (C=O) groups excluding carboxylic acids is 2. The lowest BCUT2D eigenvalue weighted by Gasteiger charge is -2.55. The maximum atomic E-state index is 13.1. The van der Waals surface area contributed by atoms with Gasteiger partial charge in [-0.05, 0) is 18.1 Å². The van der Waals surface area contributed by atoms with Gasteiger partial charge in [-0.3, -0.25) is 14.5 Å². The van der Waals surface area contributed by atoms with Crippen LogP contribution in [-0.2, 0) is 25.5 Å². The van der Waals surface area contributed by atoms with Gasteiger partial charge in [-0.1, -0.05) is 53.4 Å². The molecule has 1 fully saturated rings. The van der Waals surface area contributed by atoms with Gasteiger partial charge >= 0.3 is 5.97 Å². The van der Waals surface area contributed by atoms with Gasteiger partial charge in [-0.2, -0.15) is 0 Å². The van der Waals surface area contributed by atoms with Crippen LogP contribution in [0.4, 0.5) is 0 Å². The molecule has 0 radical (unpaired) electrons. The molecule has 168 valence electrons. The number of hydrogen-bond donors (Lipinski definition) is 2. The van der Waals surface area contributed by atoms with E-state index in [9.17, 15) is 19.5 Å². The summed E-state index contributed by atoms with van der Waals surface area (Å²) in [5.74, 6) is -1.39. The first kappa shape index (κ1) is 22.8. The molecule has 1 saturated heterocycles. The summed E-state index contributed by atoms with van der Waals surface area (Å²) in [7, 11) is 1.34. The SMILES string of the molecule is CO[C@@]1(NC(=O)Cc2ccccc2)C(=O)N2C(C(=O)O)=C(CSc3nnc(C)s3)CSC21. The number of aryl methyl sites for hydroxylation is 1. The second-order valence-electron chi connectivity index (χ2n) is 7.12. The van der Waals surface area contributed by atoms with E-state index in [4.69, 9.17) is 4.74 Å². The predicted molar refractivity (Wildman–Crippen MR) is 121 cm³/mol. The quantitative estimate of drug-likeness (QED) is 0.323. The number of carboxylic acids is 1. The first-order chi connectivity index (χ1) is 15.4. The molecule has 9 nitrogen and oxygen atoms in total. The van der Waals surface area contributed by atoms with Crippen LogP contribution in [0.2, 0.25) is 0 Å². The van der Waals surface area contributed by atoms with Gasteiger partial charge in [-0.15, -0.1) is 22.0 Å². The molecule has 2 atom stereocenters. The van der Waals surface area contributed by atoms with Gasteiger partial charge in [0, 0.05) is 18.6 Å². The highest BCUT2D eigenvalue weighted by molar-refractivity contribution is 8.01. The molecule has 4 rings (SSSR count). The third-order valence-corrected chi connectivity index (χ3v) is 8.48. The number of β-lactam (4-membered cyclic amide) rings is 1. The summed E-state index contributed by atoms with van der Waals surface area (Å²) in [5, 5.41) is 20.7. The molecule has 12 heteroatoms. The highest BCUT2D eigenvalue weighted by atomic mass is 32.2. The smallest absolute Gasteiger partial charge is 0.352 e. The van der Waals surface area contributed by atoms with E-state index in [0.29, 0.717) is 17.1 Å². The number of thioether (sulfide) groups is 2. The first-order valence-electron chi connectivity index (χ1n) is 9.59. The summed E-state index contributed by atoms with van der Waals surface area (Å²) in [4.78, 5) is 39.0. The summed E-state index contributed by atoms with van der Waals surface area (Å²) in [6.45, 7) is 1.85. The zero-order valence-corrected chi connectivity index (χ0v) is 19.7. The Kier molecular flexibility index (Phi) is 6.56. The summed E-state index contributed by atoms with van der Waals surface area (Å²) in [6, 6.07) is 9.14. The van der Waals surface area contributed by atoms with Crippen LogP contribution >= 0.6 is 34.9 Å². The molecule has 2 N–H and O–H groups in total. The number of amides is 2. The third kappa shape index (κ3) is 4.15. The molecule has 1 aromatic heterocycles. The lowest BCUT2D eigenvalue weighted by Crippen LogP contribution is -2.80. The molecule has 32 heavy (non-hydrogen) atoms. The average Bonchev–Trinajstić information content (AvgIpc) is 3.20. The summed E-state index contributed by atoms with van der Waals surface area (Å²) in [5.41, 5.74) is -0.233. The molecule has 2 amide bonds. The number of carboxylic acid groups (broad SMARTS) is 1. The Labute approximate surface area is 196 Å². The van der Waals surface area contributed by atoms with E-state index in [1.165, 1.54) is 46.9 Å². The molecule has 3 heterocycles. The molecular weight excluding hydrogens is 472 g/mol. The largest absolute Gasteiger partial charge is 0.477 e. The van der Waals surface area contributed by atoms with Crippen molar-refractivity contribution in [2.75, 3.05) is 18.6 Å². The van der Waals surface area contributed by atoms with Crippen LogP contribution in [0.15, 0.2) is 45.9 Å². The van der Waals surface area contributed by atoms with Crippen LogP contribution in [-0.4, -0.2) is 67.7 Å². The Morgan fingerprint density at radius 3 is 2.72 bits per heavy atom. The first-order valence-corrected chi connectivity index (χ1v) is 12.4. The van der Waals surface area contributed by atoms with Gasteiger partial charge in [0.1, 0.15) is 16.1 Å². The number of aliphatic carboxylic acids is 1. The van der Waals surface area contributed by atoms with Crippen molar-refractivity contribution >= 4 is 52.6 Å². The topological polar surface area (TPSA) is 122 Å². The number of aromatic nitrogens is 2. The fraction of sp³-hybridized carbons (Fsp3) is 0.350. The zero-order valence-electron chi connectivity index (χ0n) is 17.2. The van der Waals surface area contributed by atoms with Crippen LogP contribution in [0.25, 0.3) is 0 Å². The monoisotopic (exact) mass is 492 g/mol. The van der Waals surface area contributed by atoms with Crippen LogP contribution in [0.5, 0.6) is 0 Å². The predicted octanol–water partition coefficient (Wildman–Crippen LogP) is 1.89. The minimum Gasteiger partial charge on any atom is -0.477 e. The van der Waals surface area contributed by atoms with E-state index in [2.05, 4.69) is 15.5 Å². The second-order valence-corrected chi connectivity index (χ2v) is 10.6. The minimum atomic E-state index is -1.59. The number of nitrogens with one attached hydrogen (secondary N) is 1. The van der Waals surface area contributed by atoms with Crippen molar-refractivity contribution in [1.82, 2.24) is 20.4 Å². The number of carbonyl (C=O) groups is 3. The van der Waals surface area contributed by atoms with Crippen molar-refractivity contribution < 1.29 is 24.2 Å². The normalized spacial score (nSPS) is 22.4. The Morgan fingerprint density at radius 2 is 2.09 bits per heavy atom. The number of benzene rings is 1. The Hall–Kier alpha value is -2.41. The van der Waals surface area contributed by atoms with Gasteiger partial charge < -0.3 is 15.2 Å². The van der Waals surface area contributed by atoms with Gasteiger partial charge in [0.25, 0.3) is 11.6 Å². The van der Waals surface area contributed by atoms with E-state index in [-0.39, 0.29) is 18.0 Å². The standard InChI is InChI=1S/C20H20N4O5S3/c1-11-22-23-19(32-11)31-10-13-9-30-18-20(29-2,17(28)24(18)15(13)16(26)27)21-14(25)8-12-6-4-3-5-7-12/h3-7,18H,8-10H2,1-2H3,(H,21,25)(H,26,27)/t18?,20-/m0/s1. The average molecular weight is 493 g/mol. The number of nitrogens with zero attached hydrogens (tertiary/aromatic N) is 3. The van der Waals surface area contributed by atoms with Gasteiger partial charge in [0.15, 0.2) is 4.34 Å². The fourth-order valence-corrected chi connectivity index (χ4v) is 6.97. The number of rotatable bonds is 8. The summed E-state index contributed by atoms with van der Waals surface area (Å²) in [6.07, 6.45) is 0.0847. The third-order valence-electron chi connectivity index (χ3n) is 5.04. The van der Waals surface area contributed by atoms with Crippen LogP contribution in [0.1, 0.15) is 10.6 Å². The number of hydrogen-bond acceptors (Lipinski definition) is 9. The molecular formula is C20H20N4O5S3. The molecule has 2 aromatic rings. The van der Waals surface area contributed by atoms with Gasteiger partial charge in [0.2, 0.25) is 5.91 Å². The fourth-order valence-electron chi connectivity index (χ4n) is 3.57. The van der Waals surface area contributed by atoms with Crippen LogP contribution in [0.3, 0.4) is 0 Å². The van der Waals surface area contributed by atoms with Crippen molar-refractivity contribution in [1.29, 1.82) is 0 Å². The lowest BCUT2D eigenvalue weighted by atomic mass is 9.98. The maximum absolute atomic E-state index is 13.1. The highest BCUT2D eigenvalue weighted by Gasteiger charge is 2.66. The van der Waals surface area contributed by atoms with Crippen molar-refractivity contribution in [2.45, 2.75) is 28.8 Å². The van der Waals surface area contributed by atoms with E-state index < -0.39 is 23.0 Å².